The quantitative estimate of drug-likeness (QED) is 0.215. The summed E-state index contributed by atoms with van der Waals surface area (Å²) in [4.78, 5) is 45.4. The molecule has 0 bridgehead atoms. The summed E-state index contributed by atoms with van der Waals surface area (Å²) in [7, 11) is 0. The molecule has 1 aliphatic carbocycles. The second-order valence-electron chi connectivity index (χ2n) is 10.2. The molecule has 0 amide bonds. The molecular formula is C33H21ClFNO3. The fourth-order valence-corrected chi connectivity index (χ4v) is 6.94. The molecule has 7 rings (SSSR count). The van der Waals surface area contributed by atoms with Gasteiger partial charge in [-0.25, -0.2) is 4.39 Å². The van der Waals surface area contributed by atoms with Crippen molar-refractivity contribution in [3.63, 3.8) is 0 Å². The standard InChI is InChI=1S/C33H21ClFNO3/c34-22-13-16-26-21(18-22)12-17-27-33(31(38)24-8-4-5-9-25(24)32(33)39)28(19-10-14-23(35)15-11-19)29(36(26)27)30(37)20-6-2-1-3-7-20/h1-18,27-29H/t27?,28-,29+/m0/s1. The first-order valence-electron chi connectivity index (χ1n) is 12.7. The maximum Gasteiger partial charge on any atom is 0.185 e. The van der Waals surface area contributed by atoms with Gasteiger partial charge in [-0.15, -0.1) is 0 Å². The van der Waals surface area contributed by atoms with E-state index in [4.69, 9.17) is 11.6 Å². The third kappa shape index (κ3) is 3.20. The van der Waals surface area contributed by atoms with Crippen LogP contribution in [0.5, 0.6) is 0 Å². The third-order valence-corrected chi connectivity index (χ3v) is 8.56. The Morgan fingerprint density at radius 2 is 1.46 bits per heavy atom. The lowest BCUT2D eigenvalue weighted by Crippen LogP contribution is -2.48. The Bertz CT molecular complexity index is 1680. The highest BCUT2D eigenvalue weighted by Crippen LogP contribution is 2.61. The van der Waals surface area contributed by atoms with E-state index in [9.17, 15) is 18.8 Å². The van der Waals surface area contributed by atoms with Gasteiger partial charge in [0, 0.05) is 33.3 Å². The zero-order chi connectivity index (χ0) is 26.9. The molecule has 1 fully saturated rings. The molecule has 190 valence electrons. The lowest BCUT2D eigenvalue weighted by atomic mass is 9.64. The first-order valence-corrected chi connectivity index (χ1v) is 13.1. The molecule has 0 radical (unpaired) electrons. The van der Waals surface area contributed by atoms with Crippen LogP contribution in [0, 0.1) is 11.2 Å². The van der Waals surface area contributed by atoms with Crippen molar-refractivity contribution in [2.24, 2.45) is 5.41 Å². The molecule has 2 heterocycles. The van der Waals surface area contributed by atoms with Crippen LogP contribution < -0.4 is 4.90 Å². The van der Waals surface area contributed by atoms with Gasteiger partial charge < -0.3 is 4.90 Å². The van der Waals surface area contributed by atoms with Gasteiger partial charge in [-0.05, 0) is 41.5 Å². The minimum atomic E-state index is -1.62. The van der Waals surface area contributed by atoms with Gasteiger partial charge in [0.15, 0.2) is 17.3 Å². The fourth-order valence-electron chi connectivity index (χ4n) is 6.76. The van der Waals surface area contributed by atoms with Gasteiger partial charge in [0.25, 0.3) is 0 Å². The molecule has 4 aromatic rings. The van der Waals surface area contributed by atoms with Gasteiger partial charge in [-0.3, -0.25) is 14.4 Å². The molecule has 1 unspecified atom stereocenters. The first kappa shape index (κ1) is 23.7. The number of fused-ring (bicyclic) bond motifs is 5. The SMILES string of the molecule is O=C(c1ccccc1)[C@H]1[C@H](c2ccc(F)cc2)C2(C(=O)c3ccccc3C2=O)C2C=Cc3cc(Cl)ccc3N21. The largest absolute Gasteiger partial charge is 0.352 e. The van der Waals surface area contributed by atoms with Crippen molar-refractivity contribution in [1.82, 2.24) is 0 Å². The van der Waals surface area contributed by atoms with Crippen molar-refractivity contribution >= 4 is 40.7 Å². The zero-order valence-corrected chi connectivity index (χ0v) is 21.3. The topological polar surface area (TPSA) is 54.5 Å². The number of benzene rings is 4. The Labute approximate surface area is 229 Å². The zero-order valence-electron chi connectivity index (χ0n) is 20.6. The van der Waals surface area contributed by atoms with Gasteiger partial charge in [0.2, 0.25) is 0 Å². The highest BCUT2D eigenvalue weighted by atomic mass is 35.5. The molecule has 4 nitrogen and oxygen atoms in total. The van der Waals surface area contributed by atoms with E-state index < -0.39 is 29.2 Å². The lowest BCUT2D eigenvalue weighted by molar-refractivity contribution is 0.0666. The molecule has 0 aromatic heterocycles. The Kier molecular flexibility index (Phi) is 5.23. The molecule has 3 atom stereocenters. The summed E-state index contributed by atoms with van der Waals surface area (Å²) in [5.41, 5.74) is 1.58. The Morgan fingerprint density at radius 1 is 0.821 bits per heavy atom. The molecule has 2 aliphatic heterocycles. The molecule has 0 saturated carbocycles. The maximum atomic E-state index is 14.5. The van der Waals surface area contributed by atoms with Gasteiger partial charge in [-0.2, -0.15) is 0 Å². The predicted octanol–water partition coefficient (Wildman–Crippen LogP) is 6.80. The predicted molar refractivity (Wildman–Crippen MR) is 148 cm³/mol. The summed E-state index contributed by atoms with van der Waals surface area (Å²) in [5, 5.41) is 0.534. The van der Waals surface area contributed by atoms with Gasteiger partial charge in [0.05, 0.1) is 6.04 Å². The first-order chi connectivity index (χ1) is 18.9. The fraction of sp³-hybridized carbons (Fsp3) is 0.121. The number of Topliss-reactive ketones (excluding diaryl/α,β-unsaturated/α-hetero) is 3. The van der Waals surface area contributed by atoms with E-state index in [0.29, 0.717) is 33.0 Å². The van der Waals surface area contributed by atoms with E-state index in [0.717, 1.165) is 5.56 Å². The van der Waals surface area contributed by atoms with E-state index in [-0.39, 0.29) is 17.3 Å². The van der Waals surface area contributed by atoms with E-state index in [2.05, 4.69) is 0 Å². The normalized spacial score (nSPS) is 22.1. The van der Waals surface area contributed by atoms with Crippen LogP contribution in [0.25, 0.3) is 6.08 Å². The number of carbonyl (C=O) groups excluding carboxylic acids is 3. The van der Waals surface area contributed by atoms with Crippen molar-refractivity contribution in [1.29, 1.82) is 0 Å². The molecule has 1 saturated heterocycles. The van der Waals surface area contributed by atoms with Crippen molar-refractivity contribution < 1.29 is 18.8 Å². The number of nitrogens with zero attached hydrogens (tertiary/aromatic N) is 1. The monoisotopic (exact) mass is 533 g/mol. The minimum Gasteiger partial charge on any atom is -0.352 e. The summed E-state index contributed by atoms with van der Waals surface area (Å²) >= 11 is 6.32. The summed E-state index contributed by atoms with van der Waals surface area (Å²) in [5.74, 6) is -2.19. The second-order valence-corrected chi connectivity index (χ2v) is 10.6. The smallest absolute Gasteiger partial charge is 0.185 e. The Morgan fingerprint density at radius 3 is 2.13 bits per heavy atom. The maximum absolute atomic E-state index is 14.5. The average molecular weight is 534 g/mol. The molecule has 0 N–H and O–H groups in total. The van der Waals surface area contributed by atoms with Gasteiger partial charge in [0.1, 0.15) is 17.3 Å². The van der Waals surface area contributed by atoms with E-state index in [1.54, 1.807) is 72.8 Å². The number of anilines is 1. The number of rotatable bonds is 3. The van der Waals surface area contributed by atoms with E-state index in [1.165, 1.54) is 12.1 Å². The summed E-state index contributed by atoms with van der Waals surface area (Å²) < 4.78 is 14.1. The van der Waals surface area contributed by atoms with Crippen LogP contribution in [0.2, 0.25) is 5.02 Å². The van der Waals surface area contributed by atoms with Crippen LogP contribution in [0.3, 0.4) is 0 Å². The van der Waals surface area contributed by atoms with Crippen LogP contribution in [0.15, 0.2) is 103 Å². The number of hydrogen-bond donors (Lipinski definition) is 0. The van der Waals surface area contributed by atoms with E-state index in [1.807, 2.05) is 29.2 Å². The summed E-state index contributed by atoms with van der Waals surface area (Å²) in [6.45, 7) is 0. The lowest BCUT2D eigenvalue weighted by Gasteiger charge is -2.37. The number of halogens is 2. The van der Waals surface area contributed by atoms with E-state index >= 15 is 0 Å². The van der Waals surface area contributed by atoms with Crippen molar-refractivity contribution in [2.45, 2.75) is 18.0 Å². The molecule has 3 aliphatic rings. The number of hydrogen-bond acceptors (Lipinski definition) is 4. The third-order valence-electron chi connectivity index (χ3n) is 8.32. The van der Waals surface area contributed by atoms with Crippen LogP contribution in [0.1, 0.15) is 48.1 Å². The highest BCUT2D eigenvalue weighted by Gasteiger charge is 2.71. The molecule has 6 heteroatoms. The summed E-state index contributed by atoms with van der Waals surface area (Å²) in [6, 6.07) is 25.2. The minimum absolute atomic E-state index is 0.223. The summed E-state index contributed by atoms with van der Waals surface area (Å²) in [6.07, 6.45) is 3.71. The molecule has 4 aromatic carbocycles. The van der Waals surface area contributed by atoms with Crippen molar-refractivity contribution in [3.05, 3.63) is 142 Å². The van der Waals surface area contributed by atoms with Crippen molar-refractivity contribution in [2.75, 3.05) is 4.90 Å². The van der Waals surface area contributed by atoms with Crippen LogP contribution in [0.4, 0.5) is 10.1 Å². The number of ketones is 3. The molecule has 39 heavy (non-hydrogen) atoms. The average Bonchev–Trinajstić information content (AvgIpc) is 3.39. The van der Waals surface area contributed by atoms with Crippen LogP contribution >= 0.6 is 11.6 Å². The molecule has 1 spiro atoms. The van der Waals surface area contributed by atoms with Crippen LogP contribution in [-0.4, -0.2) is 29.4 Å². The van der Waals surface area contributed by atoms with Crippen LogP contribution in [-0.2, 0) is 0 Å². The second kappa shape index (κ2) is 8.58. The van der Waals surface area contributed by atoms with Gasteiger partial charge in [-0.1, -0.05) is 90.5 Å². The Hall–Kier alpha value is -4.35. The molecular weight excluding hydrogens is 513 g/mol. The highest BCUT2D eigenvalue weighted by molar-refractivity contribution is 6.32. The number of carbonyl (C=O) groups is 3. The van der Waals surface area contributed by atoms with Crippen molar-refractivity contribution in [3.8, 4) is 0 Å². The Balaban J connectivity index is 1.55. The van der Waals surface area contributed by atoms with Gasteiger partial charge >= 0.3 is 0 Å².